The first kappa shape index (κ1) is 43.5. The Kier molecular flexibility index (Phi) is 15.2. The predicted octanol–water partition coefficient (Wildman–Crippen LogP) is -8.29. The lowest BCUT2D eigenvalue weighted by Gasteiger charge is -2.51. The van der Waals surface area contributed by atoms with Crippen molar-refractivity contribution in [2.24, 2.45) is 0 Å². The van der Waals surface area contributed by atoms with Crippen molar-refractivity contribution in [2.45, 2.75) is 150 Å². The Hall–Kier alpha value is -2.27. The van der Waals surface area contributed by atoms with E-state index < -0.39 is 160 Å². The third-order valence-electron chi connectivity index (χ3n) is 9.37. The van der Waals surface area contributed by atoms with E-state index in [2.05, 4.69) is 16.0 Å². The third-order valence-corrected chi connectivity index (χ3v) is 9.37. The summed E-state index contributed by atoms with van der Waals surface area (Å²) in [6.07, 6.45) is -28.0. The number of amides is 3. The third kappa shape index (κ3) is 9.76. The van der Waals surface area contributed by atoms with Crippen LogP contribution in [0.15, 0.2) is 0 Å². The van der Waals surface area contributed by atoms with Gasteiger partial charge in [0.1, 0.15) is 91.4 Å². The average Bonchev–Trinajstić information content (AvgIpc) is 3.10. The van der Waals surface area contributed by atoms with E-state index >= 15 is 0 Å². The van der Waals surface area contributed by atoms with Crippen molar-refractivity contribution < 1.29 is 98.6 Å². The fraction of sp³-hybridized carbons (Fsp3) is 0.900. The van der Waals surface area contributed by atoms with Crippen molar-refractivity contribution in [1.29, 1.82) is 0 Å². The van der Waals surface area contributed by atoms with Gasteiger partial charge in [-0.2, -0.15) is 0 Å². The van der Waals surface area contributed by atoms with Crippen LogP contribution in [0.3, 0.4) is 0 Å². The Morgan fingerprint density at radius 2 is 0.943 bits per heavy atom. The molecule has 3 amide bonds. The molecule has 0 unspecified atom stereocenters. The molecular formula is C30H51N3O20. The van der Waals surface area contributed by atoms with Gasteiger partial charge >= 0.3 is 0 Å². The second-order valence-corrected chi connectivity index (χ2v) is 13.3. The molecule has 0 bridgehead atoms. The van der Waals surface area contributed by atoms with Crippen LogP contribution in [0.4, 0.5) is 0 Å². The van der Waals surface area contributed by atoms with Gasteiger partial charge in [0.2, 0.25) is 17.7 Å². The Morgan fingerprint density at radius 3 is 1.47 bits per heavy atom. The molecule has 0 spiro atoms. The van der Waals surface area contributed by atoms with E-state index in [1.165, 1.54) is 6.92 Å². The fourth-order valence-corrected chi connectivity index (χ4v) is 6.70. The van der Waals surface area contributed by atoms with Gasteiger partial charge in [-0.1, -0.05) is 0 Å². The number of carbonyl (C=O) groups is 3. The van der Waals surface area contributed by atoms with Gasteiger partial charge in [-0.3, -0.25) is 14.4 Å². The van der Waals surface area contributed by atoms with E-state index in [0.717, 1.165) is 20.8 Å². The van der Waals surface area contributed by atoms with Gasteiger partial charge in [0.15, 0.2) is 25.2 Å². The highest BCUT2D eigenvalue weighted by molar-refractivity contribution is 5.74. The van der Waals surface area contributed by atoms with Gasteiger partial charge < -0.3 is 100 Å². The number of aliphatic hydroxyl groups is 10. The molecule has 0 aromatic carbocycles. The highest BCUT2D eigenvalue weighted by Gasteiger charge is 2.56. The smallest absolute Gasteiger partial charge is 0.217 e. The van der Waals surface area contributed by atoms with Crippen LogP contribution >= 0.6 is 0 Å². The van der Waals surface area contributed by atoms with Crippen molar-refractivity contribution in [3.8, 4) is 0 Å². The molecule has 23 nitrogen and oxygen atoms in total. The first-order valence-corrected chi connectivity index (χ1v) is 16.9. The molecule has 13 N–H and O–H groups in total. The number of rotatable bonds is 12. The quantitative estimate of drug-likeness (QED) is 0.0875. The standard InChI is InChI=1S/C30H51N3O20/c1-8-18(40)22(44)23(45)30(47-8)53-26-17(33-11(4)39)27(46)48-14(7-36)25(26)52-29-16(32-10(3)38)21(43)24(13(6-35)50-29)51-28-15(31-9(2)37)20(42)19(41)12(5-34)49-28/h8,12-30,34-36,40-46H,5-7H2,1-4H3,(H,31,37)(H,32,38)(H,33,39)/t8-,12+,13+,14+,15+,16+,17+,18+,19+,20+,21+,22+,23-,24+,25+,26+,27+,28-,29-,30-/m0/s1. The first-order chi connectivity index (χ1) is 24.9. The lowest BCUT2D eigenvalue weighted by atomic mass is 9.93. The van der Waals surface area contributed by atoms with Crippen LogP contribution in [0.25, 0.3) is 0 Å². The zero-order chi connectivity index (χ0) is 39.5. The summed E-state index contributed by atoms with van der Waals surface area (Å²) >= 11 is 0. The second kappa shape index (κ2) is 18.6. The van der Waals surface area contributed by atoms with Gasteiger partial charge in [-0.15, -0.1) is 0 Å². The highest BCUT2D eigenvalue weighted by Crippen LogP contribution is 2.35. The molecular weight excluding hydrogens is 722 g/mol. The van der Waals surface area contributed by atoms with Crippen LogP contribution in [0.2, 0.25) is 0 Å². The summed E-state index contributed by atoms with van der Waals surface area (Å²) in [7, 11) is 0. The van der Waals surface area contributed by atoms with Crippen molar-refractivity contribution in [1.82, 2.24) is 16.0 Å². The van der Waals surface area contributed by atoms with Crippen LogP contribution in [0.1, 0.15) is 27.7 Å². The van der Waals surface area contributed by atoms with E-state index in [1.54, 1.807) is 0 Å². The lowest BCUT2D eigenvalue weighted by molar-refractivity contribution is -0.370. The predicted molar refractivity (Wildman–Crippen MR) is 167 cm³/mol. The van der Waals surface area contributed by atoms with Crippen molar-refractivity contribution in [2.75, 3.05) is 19.8 Å². The van der Waals surface area contributed by atoms with E-state index in [-0.39, 0.29) is 0 Å². The molecule has 4 aliphatic heterocycles. The zero-order valence-corrected chi connectivity index (χ0v) is 29.2. The van der Waals surface area contributed by atoms with Gasteiger partial charge in [0.25, 0.3) is 0 Å². The Labute approximate surface area is 302 Å². The summed E-state index contributed by atoms with van der Waals surface area (Å²) < 4.78 is 40.7. The minimum absolute atomic E-state index is 0.677. The SMILES string of the molecule is CC(=O)N[C@@H]1[C@@H](O[C@@H]2O[C@@H](C)[C@@H](O)[C@@H](O)[C@@H]2O)[C@H](O[C@@H]2O[C@H](CO)[C@@H](O[C@@H]3O[C@H](CO)[C@@H](O)[C@H](O)[C@H]3NC(C)=O)[C@H](O)[C@H]2NC(C)=O)[C@@H](CO)O[C@H]1O. The summed E-state index contributed by atoms with van der Waals surface area (Å²) in [5, 5.41) is 113. The summed E-state index contributed by atoms with van der Waals surface area (Å²) in [5.74, 6) is -2.12. The number of hydrogen-bond donors (Lipinski definition) is 13. The van der Waals surface area contributed by atoms with Gasteiger partial charge in [-0.05, 0) is 6.92 Å². The van der Waals surface area contributed by atoms with E-state index in [1.807, 2.05) is 0 Å². The molecule has 23 heteroatoms. The number of carbonyl (C=O) groups excluding carboxylic acids is 3. The molecule has 0 saturated carbocycles. The molecule has 4 rings (SSSR count). The van der Waals surface area contributed by atoms with E-state index in [0.29, 0.717) is 0 Å². The lowest BCUT2D eigenvalue weighted by Crippen LogP contribution is -2.71. The average molecular weight is 774 g/mol. The molecule has 4 aliphatic rings. The Balaban J connectivity index is 1.68. The van der Waals surface area contributed by atoms with Gasteiger partial charge in [0.05, 0.1) is 25.9 Å². The first-order valence-electron chi connectivity index (χ1n) is 16.9. The maximum atomic E-state index is 12.4. The zero-order valence-electron chi connectivity index (χ0n) is 29.2. The van der Waals surface area contributed by atoms with Crippen molar-refractivity contribution in [3.63, 3.8) is 0 Å². The summed E-state index contributed by atoms with van der Waals surface area (Å²) in [6.45, 7) is 2.08. The highest BCUT2D eigenvalue weighted by atomic mass is 16.8. The molecule has 4 heterocycles. The maximum Gasteiger partial charge on any atom is 0.217 e. The minimum Gasteiger partial charge on any atom is -0.394 e. The van der Waals surface area contributed by atoms with Gasteiger partial charge in [-0.25, -0.2) is 0 Å². The molecule has 0 aromatic heterocycles. The summed E-state index contributed by atoms with van der Waals surface area (Å²) in [5.41, 5.74) is 0. The monoisotopic (exact) mass is 773 g/mol. The van der Waals surface area contributed by atoms with Gasteiger partial charge in [0, 0.05) is 20.8 Å². The molecule has 0 aromatic rings. The van der Waals surface area contributed by atoms with Crippen LogP contribution in [-0.4, -0.2) is 211 Å². The fourth-order valence-electron chi connectivity index (χ4n) is 6.70. The van der Waals surface area contributed by atoms with Crippen LogP contribution in [0, 0.1) is 0 Å². The molecule has 0 aliphatic carbocycles. The van der Waals surface area contributed by atoms with Crippen LogP contribution in [0.5, 0.6) is 0 Å². The molecule has 4 saturated heterocycles. The molecule has 0 radical (unpaired) electrons. The van der Waals surface area contributed by atoms with E-state index in [9.17, 15) is 65.4 Å². The molecule has 4 fully saturated rings. The number of ether oxygens (including phenoxy) is 7. The number of hydrogen-bond acceptors (Lipinski definition) is 20. The second-order valence-electron chi connectivity index (χ2n) is 13.3. The number of nitrogens with one attached hydrogen (secondary N) is 3. The molecule has 53 heavy (non-hydrogen) atoms. The maximum absolute atomic E-state index is 12.4. The largest absolute Gasteiger partial charge is 0.394 e. The van der Waals surface area contributed by atoms with Crippen molar-refractivity contribution >= 4 is 17.7 Å². The summed E-state index contributed by atoms with van der Waals surface area (Å²) in [4.78, 5) is 36.6. The molecule has 20 atom stereocenters. The Bertz CT molecular complexity index is 1240. The van der Waals surface area contributed by atoms with Crippen LogP contribution < -0.4 is 16.0 Å². The topological polar surface area (TPSA) is 354 Å². The summed E-state index contributed by atoms with van der Waals surface area (Å²) in [6, 6.07) is -4.60. The van der Waals surface area contributed by atoms with Crippen LogP contribution in [-0.2, 0) is 47.5 Å². The van der Waals surface area contributed by atoms with Crippen molar-refractivity contribution in [3.05, 3.63) is 0 Å². The number of aliphatic hydroxyl groups excluding tert-OH is 10. The minimum atomic E-state index is -1.88. The normalized spacial score (nSPS) is 46.3. The van der Waals surface area contributed by atoms with E-state index in [4.69, 9.17) is 33.2 Å². The Morgan fingerprint density at radius 1 is 0.491 bits per heavy atom. The molecule has 306 valence electrons.